The zero-order valence-electron chi connectivity index (χ0n) is 12.3. The van der Waals surface area contributed by atoms with Crippen LogP contribution in [-0.2, 0) is 6.42 Å². The van der Waals surface area contributed by atoms with Crippen LogP contribution >= 0.6 is 0 Å². The summed E-state index contributed by atoms with van der Waals surface area (Å²) in [6.07, 6.45) is 6.28. The number of hydrogen-bond donors (Lipinski definition) is 0. The van der Waals surface area contributed by atoms with E-state index in [0.717, 1.165) is 18.6 Å². The van der Waals surface area contributed by atoms with Crippen LogP contribution in [0.1, 0.15) is 35.6 Å². The lowest BCUT2D eigenvalue weighted by Gasteiger charge is -2.03. The van der Waals surface area contributed by atoms with Crippen LogP contribution < -0.4 is 0 Å². The van der Waals surface area contributed by atoms with Crippen molar-refractivity contribution in [3.63, 3.8) is 0 Å². The Morgan fingerprint density at radius 2 is 1.35 bits per heavy atom. The Hall–Kier alpha value is -2.72. The van der Waals surface area contributed by atoms with Gasteiger partial charge in [0.2, 0.25) is 0 Å². The highest BCUT2D eigenvalue weighted by Crippen LogP contribution is 2.17. The van der Waals surface area contributed by atoms with Gasteiger partial charge >= 0.3 is 0 Å². The highest BCUT2D eigenvalue weighted by Gasteiger charge is 2.10. The summed E-state index contributed by atoms with van der Waals surface area (Å²) in [5.41, 5.74) is -0.470. The highest BCUT2D eigenvalue weighted by molar-refractivity contribution is 5.48. The van der Waals surface area contributed by atoms with Crippen molar-refractivity contribution in [1.82, 2.24) is 0 Å². The van der Waals surface area contributed by atoms with E-state index in [4.69, 9.17) is 6.42 Å². The maximum Gasteiger partial charge on any atom is 0.143 e. The molecule has 0 fully saturated rings. The maximum atomic E-state index is 13.9. The van der Waals surface area contributed by atoms with Crippen molar-refractivity contribution in [2.75, 3.05) is 0 Å². The fourth-order valence-corrected chi connectivity index (χ4v) is 2.10. The SMILES string of the molecule is C#Cc1c(F)cc(C#Cc2c(F)cc(CCC)cc2F)cc1F. The average molecular weight is 316 g/mol. The first-order valence-electron chi connectivity index (χ1n) is 6.91. The van der Waals surface area contributed by atoms with Gasteiger partial charge in [-0.05, 0) is 36.2 Å². The van der Waals surface area contributed by atoms with Crippen molar-refractivity contribution >= 4 is 0 Å². The van der Waals surface area contributed by atoms with Crippen molar-refractivity contribution in [1.29, 1.82) is 0 Å². The van der Waals surface area contributed by atoms with Gasteiger partial charge < -0.3 is 0 Å². The molecule has 116 valence electrons. The molecule has 0 aromatic heterocycles. The van der Waals surface area contributed by atoms with E-state index in [9.17, 15) is 17.6 Å². The smallest absolute Gasteiger partial charge is 0.143 e. The molecule has 2 rings (SSSR count). The number of halogens is 4. The Balaban J connectivity index is 2.42. The van der Waals surface area contributed by atoms with E-state index in [1.165, 1.54) is 12.1 Å². The zero-order chi connectivity index (χ0) is 17.0. The predicted molar refractivity (Wildman–Crippen MR) is 80.6 cm³/mol. The first-order chi connectivity index (χ1) is 11.0. The first kappa shape index (κ1) is 16.6. The van der Waals surface area contributed by atoms with Crippen molar-refractivity contribution < 1.29 is 17.6 Å². The van der Waals surface area contributed by atoms with Crippen LogP contribution in [-0.4, -0.2) is 0 Å². The second kappa shape index (κ2) is 7.03. The van der Waals surface area contributed by atoms with E-state index in [1.54, 1.807) is 0 Å². The Kier molecular flexibility index (Phi) is 5.09. The normalized spacial score (nSPS) is 9.91. The van der Waals surface area contributed by atoms with Gasteiger partial charge in [-0.25, -0.2) is 17.6 Å². The molecule has 0 saturated heterocycles. The topological polar surface area (TPSA) is 0 Å². The molecule has 0 aliphatic heterocycles. The number of rotatable bonds is 2. The van der Waals surface area contributed by atoms with E-state index in [-0.39, 0.29) is 5.56 Å². The molecule has 0 nitrogen and oxygen atoms in total. The fraction of sp³-hybridized carbons (Fsp3) is 0.158. The van der Waals surface area contributed by atoms with Crippen molar-refractivity contribution in [2.24, 2.45) is 0 Å². The van der Waals surface area contributed by atoms with Gasteiger partial charge in [-0.1, -0.05) is 31.1 Å². The molecular weight excluding hydrogens is 304 g/mol. The van der Waals surface area contributed by atoms with Gasteiger partial charge in [-0.3, -0.25) is 0 Å². The summed E-state index contributed by atoms with van der Waals surface area (Å²) in [7, 11) is 0. The first-order valence-corrected chi connectivity index (χ1v) is 6.91. The van der Waals surface area contributed by atoms with Gasteiger partial charge in [0.1, 0.15) is 23.3 Å². The van der Waals surface area contributed by atoms with Crippen LogP contribution in [0.25, 0.3) is 0 Å². The summed E-state index contributed by atoms with van der Waals surface area (Å²) in [4.78, 5) is 0. The van der Waals surface area contributed by atoms with Gasteiger partial charge in [0.05, 0.1) is 11.1 Å². The number of benzene rings is 2. The van der Waals surface area contributed by atoms with Crippen LogP contribution in [0.2, 0.25) is 0 Å². The molecule has 0 unspecified atom stereocenters. The lowest BCUT2D eigenvalue weighted by Crippen LogP contribution is -1.95. The van der Waals surface area contributed by atoms with Crippen LogP contribution in [0.3, 0.4) is 0 Å². The lowest BCUT2D eigenvalue weighted by molar-refractivity contribution is 0.573. The zero-order valence-corrected chi connectivity index (χ0v) is 12.3. The molecule has 0 bridgehead atoms. The minimum absolute atomic E-state index is 0.0598. The monoisotopic (exact) mass is 316 g/mol. The second-order valence-corrected chi connectivity index (χ2v) is 4.89. The molecule has 2 aromatic carbocycles. The summed E-state index contributed by atoms with van der Waals surface area (Å²) < 4.78 is 54.9. The summed E-state index contributed by atoms with van der Waals surface area (Å²) in [5.74, 6) is 3.00. The maximum absolute atomic E-state index is 13.9. The molecule has 0 amide bonds. The van der Waals surface area contributed by atoms with Gasteiger partial charge in [0.15, 0.2) is 0 Å². The second-order valence-electron chi connectivity index (χ2n) is 4.89. The molecule has 0 N–H and O–H groups in total. The molecule has 4 heteroatoms. The van der Waals surface area contributed by atoms with Crippen molar-refractivity contribution in [2.45, 2.75) is 19.8 Å². The van der Waals surface area contributed by atoms with Crippen molar-refractivity contribution in [3.8, 4) is 24.2 Å². The Morgan fingerprint density at radius 1 is 0.826 bits per heavy atom. The molecule has 0 aliphatic carbocycles. The number of aryl methyl sites for hydroxylation is 1. The third-order valence-electron chi connectivity index (χ3n) is 3.16. The van der Waals surface area contributed by atoms with E-state index in [1.807, 2.05) is 12.8 Å². The quantitative estimate of drug-likeness (QED) is 0.562. The van der Waals surface area contributed by atoms with Gasteiger partial charge in [-0.15, -0.1) is 6.42 Å². The predicted octanol–water partition coefficient (Wildman–Crippen LogP) is 4.58. The molecule has 2 aromatic rings. The van der Waals surface area contributed by atoms with Crippen molar-refractivity contribution in [3.05, 3.63) is 69.8 Å². The molecule has 0 saturated carbocycles. The summed E-state index contributed by atoms with van der Waals surface area (Å²) in [6, 6.07) is 4.26. The minimum Gasteiger partial charge on any atom is -0.206 e. The molecule has 23 heavy (non-hydrogen) atoms. The Bertz CT molecular complexity index is 802. The van der Waals surface area contributed by atoms with Gasteiger partial charge in [0, 0.05) is 5.56 Å². The van der Waals surface area contributed by atoms with Gasteiger partial charge in [0.25, 0.3) is 0 Å². The largest absolute Gasteiger partial charge is 0.206 e. The van der Waals surface area contributed by atoms with E-state index < -0.39 is 34.4 Å². The molecular formula is C19H12F4. The highest BCUT2D eigenvalue weighted by atomic mass is 19.1. The van der Waals surface area contributed by atoms with E-state index >= 15 is 0 Å². The molecule has 0 atom stereocenters. The summed E-state index contributed by atoms with van der Waals surface area (Å²) >= 11 is 0. The van der Waals surface area contributed by atoms with Crippen LogP contribution in [0, 0.1) is 47.5 Å². The van der Waals surface area contributed by atoms with Crippen LogP contribution in [0.15, 0.2) is 24.3 Å². The Morgan fingerprint density at radius 3 is 1.83 bits per heavy atom. The molecule has 0 heterocycles. The standard InChI is InChI=1S/C19H12F4/c1-3-5-12-8-18(22)15(19(23)9-12)7-6-13-10-16(20)14(4-2)17(21)11-13/h2,8-11H,3,5H2,1H3. The average Bonchev–Trinajstić information content (AvgIpc) is 2.46. The van der Waals surface area contributed by atoms with Crippen LogP contribution in [0.4, 0.5) is 17.6 Å². The number of hydrogen-bond acceptors (Lipinski definition) is 0. The van der Waals surface area contributed by atoms with Gasteiger partial charge in [-0.2, -0.15) is 0 Å². The Labute approximate surface area is 132 Å². The third kappa shape index (κ3) is 3.73. The molecule has 0 radical (unpaired) electrons. The lowest BCUT2D eigenvalue weighted by atomic mass is 10.1. The fourth-order valence-electron chi connectivity index (χ4n) is 2.10. The summed E-state index contributed by atoms with van der Waals surface area (Å²) in [6.45, 7) is 1.90. The minimum atomic E-state index is -0.948. The summed E-state index contributed by atoms with van der Waals surface area (Å²) in [5, 5.41) is 0. The third-order valence-corrected chi connectivity index (χ3v) is 3.16. The van der Waals surface area contributed by atoms with E-state index in [2.05, 4.69) is 11.8 Å². The number of terminal acetylenes is 1. The molecule has 0 aliphatic rings. The molecule has 0 spiro atoms. The van der Waals surface area contributed by atoms with E-state index in [0.29, 0.717) is 12.0 Å². The van der Waals surface area contributed by atoms with Crippen LogP contribution in [0.5, 0.6) is 0 Å².